The van der Waals surface area contributed by atoms with Gasteiger partial charge in [-0.1, -0.05) is 23.4 Å². The normalized spacial score (nSPS) is 24.5. The SMILES string of the molecule is CC(=O)NCCNC(=O)[C@H]1CN2CC[C@@H]1C[C@@H]2Cn1cc(COc2ccccc2)nn1. The van der Waals surface area contributed by atoms with E-state index in [1.165, 1.54) is 6.92 Å². The molecule has 4 atom stereocenters. The number of amides is 2. The van der Waals surface area contributed by atoms with E-state index in [4.69, 9.17) is 4.74 Å². The van der Waals surface area contributed by atoms with Crippen molar-refractivity contribution in [3.05, 3.63) is 42.2 Å². The molecule has 0 saturated carbocycles. The van der Waals surface area contributed by atoms with Gasteiger partial charge >= 0.3 is 0 Å². The van der Waals surface area contributed by atoms with Crippen molar-refractivity contribution in [2.45, 2.75) is 39.0 Å². The van der Waals surface area contributed by atoms with Crippen LogP contribution in [0.1, 0.15) is 25.5 Å². The molecule has 3 aliphatic heterocycles. The summed E-state index contributed by atoms with van der Waals surface area (Å²) in [4.78, 5) is 25.9. The highest BCUT2D eigenvalue weighted by molar-refractivity contribution is 5.79. The van der Waals surface area contributed by atoms with Gasteiger partial charge in [-0.05, 0) is 37.4 Å². The number of carbonyl (C=O) groups is 2. The molecule has 2 amide bonds. The van der Waals surface area contributed by atoms with Crippen LogP contribution in [0.5, 0.6) is 5.75 Å². The molecular weight excluding hydrogens is 396 g/mol. The fraction of sp³-hybridized carbons (Fsp3) is 0.545. The van der Waals surface area contributed by atoms with Gasteiger partial charge in [-0.3, -0.25) is 19.2 Å². The number of fused-ring (bicyclic) bond motifs is 3. The molecule has 3 aliphatic rings. The average molecular weight is 427 g/mol. The number of piperidine rings is 3. The summed E-state index contributed by atoms with van der Waals surface area (Å²) in [5.74, 6) is 1.24. The van der Waals surface area contributed by atoms with Crippen LogP contribution in [0.4, 0.5) is 0 Å². The maximum absolute atomic E-state index is 12.6. The minimum atomic E-state index is -0.0807. The van der Waals surface area contributed by atoms with Crippen molar-refractivity contribution in [1.82, 2.24) is 30.5 Å². The van der Waals surface area contributed by atoms with Crippen LogP contribution in [0.2, 0.25) is 0 Å². The lowest BCUT2D eigenvalue weighted by Crippen LogP contribution is -2.58. The number of benzene rings is 1. The Balaban J connectivity index is 1.25. The number of nitrogens with zero attached hydrogens (tertiary/aromatic N) is 4. The summed E-state index contributed by atoms with van der Waals surface area (Å²) < 4.78 is 7.63. The van der Waals surface area contributed by atoms with E-state index in [9.17, 15) is 9.59 Å². The molecule has 9 heteroatoms. The zero-order valence-electron chi connectivity index (χ0n) is 17.9. The standard InChI is InChI=1S/C22H30N6O3/c1-16(29)23-8-9-24-22(30)21-14-27-10-7-17(21)11-19(27)13-28-12-18(25-26-28)15-31-20-5-3-2-4-6-20/h2-6,12,17,19,21H,7-11,13-15H2,1H3,(H,23,29)(H,24,30)/t17-,19-,21+/m1/s1. The molecule has 1 aromatic carbocycles. The van der Waals surface area contributed by atoms with Gasteiger partial charge in [0, 0.05) is 32.6 Å². The molecule has 1 aromatic heterocycles. The summed E-state index contributed by atoms with van der Waals surface area (Å²) in [5, 5.41) is 14.2. The molecule has 3 fully saturated rings. The predicted molar refractivity (Wildman–Crippen MR) is 114 cm³/mol. The van der Waals surface area contributed by atoms with E-state index >= 15 is 0 Å². The maximum atomic E-state index is 12.6. The lowest BCUT2D eigenvalue weighted by atomic mass is 9.75. The molecule has 5 rings (SSSR count). The lowest BCUT2D eigenvalue weighted by molar-refractivity contribution is -0.133. The van der Waals surface area contributed by atoms with E-state index in [1.54, 1.807) is 0 Å². The van der Waals surface area contributed by atoms with Gasteiger partial charge in [0.1, 0.15) is 18.1 Å². The van der Waals surface area contributed by atoms with Gasteiger partial charge in [0.25, 0.3) is 0 Å². The summed E-state index contributed by atoms with van der Waals surface area (Å²) in [6.07, 6.45) is 3.98. The smallest absolute Gasteiger partial charge is 0.224 e. The van der Waals surface area contributed by atoms with Gasteiger partial charge in [0.05, 0.1) is 18.7 Å². The van der Waals surface area contributed by atoms with Crippen LogP contribution < -0.4 is 15.4 Å². The van der Waals surface area contributed by atoms with Crippen molar-refractivity contribution in [3.63, 3.8) is 0 Å². The van der Waals surface area contributed by atoms with Gasteiger partial charge < -0.3 is 15.4 Å². The monoisotopic (exact) mass is 426 g/mol. The number of hydrogen-bond acceptors (Lipinski definition) is 6. The Labute approximate surface area is 182 Å². The Morgan fingerprint density at radius 2 is 2.00 bits per heavy atom. The van der Waals surface area contributed by atoms with Crippen LogP contribution in [-0.4, -0.2) is 63.9 Å². The van der Waals surface area contributed by atoms with Crippen LogP contribution in [0, 0.1) is 11.8 Å². The summed E-state index contributed by atoms with van der Waals surface area (Å²) >= 11 is 0. The van der Waals surface area contributed by atoms with Crippen molar-refractivity contribution in [1.29, 1.82) is 0 Å². The largest absolute Gasteiger partial charge is 0.487 e. The predicted octanol–water partition coefficient (Wildman–Crippen LogP) is 0.820. The van der Waals surface area contributed by atoms with Crippen LogP contribution in [-0.2, 0) is 22.7 Å². The van der Waals surface area contributed by atoms with Crippen molar-refractivity contribution in [2.24, 2.45) is 11.8 Å². The number of nitrogens with one attached hydrogen (secondary N) is 2. The van der Waals surface area contributed by atoms with Crippen molar-refractivity contribution in [3.8, 4) is 5.75 Å². The third-order valence-corrected chi connectivity index (χ3v) is 6.13. The van der Waals surface area contributed by atoms with Crippen LogP contribution in [0.3, 0.4) is 0 Å². The highest BCUT2D eigenvalue weighted by atomic mass is 16.5. The molecule has 2 N–H and O–H groups in total. The summed E-state index contributed by atoms with van der Waals surface area (Å²) in [5.41, 5.74) is 0.802. The van der Waals surface area contributed by atoms with Crippen molar-refractivity contribution >= 4 is 11.8 Å². The molecule has 0 spiro atoms. The Morgan fingerprint density at radius 3 is 2.74 bits per heavy atom. The summed E-state index contributed by atoms with van der Waals surface area (Å²) in [7, 11) is 0. The molecule has 9 nitrogen and oxygen atoms in total. The van der Waals surface area contributed by atoms with Gasteiger partial charge in [-0.2, -0.15) is 0 Å². The molecule has 2 aromatic rings. The van der Waals surface area contributed by atoms with E-state index in [2.05, 4.69) is 25.8 Å². The summed E-state index contributed by atoms with van der Waals surface area (Å²) in [6, 6.07) is 10.0. The first-order chi connectivity index (χ1) is 15.1. The van der Waals surface area contributed by atoms with Gasteiger partial charge in [-0.25, -0.2) is 0 Å². The lowest BCUT2D eigenvalue weighted by Gasteiger charge is -2.49. The molecule has 4 heterocycles. The van der Waals surface area contributed by atoms with Crippen LogP contribution >= 0.6 is 0 Å². The molecule has 2 bridgehead atoms. The number of para-hydroxylation sites is 1. The van der Waals surface area contributed by atoms with E-state index in [-0.39, 0.29) is 17.7 Å². The Morgan fingerprint density at radius 1 is 1.19 bits per heavy atom. The van der Waals surface area contributed by atoms with E-state index in [0.717, 1.165) is 43.9 Å². The van der Waals surface area contributed by atoms with Gasteiger partial charge in [0.2, 0.25) is 11.8 Å². The first-order valence-electron chi connectivity index (χ1n) is 10.9. The highest BCUT2D eigenvalue weighted by Crippen LogP contribution is 2.36. The summed E-state index contributed by atoms with van der Waals surface area (Å²) in [6.45, 7) is 5.37. The van der Waals surface area contributed by atoms with Crippen LogP contribution in [0.25, 0.3) is 0 Å². The second-order valence-corrected chi connectivity index (χ2v) is 8.35. The molecule has 0 radical (unpaired) electrons. The first-order valence-corrected chi connectivity index (χ1v) is 10.9. The number of hydrogen-bond donors (Lipinski definition) is 2. The fourth-order valence-corrected chi connectivity index (χ4v) is 4.56. The van der Waals surface area contributed by atoms with Crippen molar-refractivity contribution < 1.29 is 14.3 Å². The third kappa shape index (κ3) is 5.61. The zero-order valence-corrected chi connectivity index (χ0v) is 17.9. The van der Waals surface area contributed by atoms with Crippen molar-refractivity contribution in [2.75, 3.05) is 26.2 Å². The zero-order chi connectivity index (χ0) is 21.6. The average Bonchev–Trinajstić information content (AvgIpc) is 3.23. The fourth-order valence-electron chi connectivity index (χ4n) is 4.56. The number of carbonyl (C=O) groups excluding carboxylic acids is 2. The molecule has 3 saturated heterocycles. The topological polar surface area (TPSA) is 101 Å². The first kappa shape index (κ1) is 21.3. The molecule has 1 unspecified atom stereocenters. The number of ether oxygens (including phenoxy) is 1. The van der Waals surface area contributed by atoms with E-state index in [1.807, 2.05) is 41.2 Å². The van der Waals surface area contributed by atoms with Crippen LogP contribution in [0.15, 0.2) is 36.5 Å². The Hall–Kier alpha value is -2.94. The number of rotatable bonds is 9. The minimum absolute atomic E-state index is 0.0212. The second-order valence-electron chi connectivity index (χ2n) is 8.35. The molecule has 31 heavy (non-hydrogen) atoms. The Kier molecular flexibility index (Phi) is 6.81. The number of aromatic nitrogens is 3. The van der Waals surface area contributed by atoms with E-state index < -0.39 is 0 Å². The molecular formula is C22H30N6O3. The van der Waals surface area contributed by atoms with E-state index in [0.29, 0.717) is 31.7 Å². The van der Waals surface area contributed by atoms with Gasteiger partial charge in [0.15, 0.2) is 0 Å². The minimum Gasteiger partial charge on any atom is -0.487 e. The molecule has 166 valence electrons. The van der Waals surface area contributed by atoms with Gasteiger partial charge in [-0.15, -0.1) is 5.10 Å². The molecule has 0 aliphatic carbocycles. The Bertz CT molecular complexity index is 886. The second kappa shape index (κ2) is 9.91. The third-order valence-electron chi connectivity index (χ3n) is 6.13. The maximum Gasteiger partial charge on any atom is 0.224 e. The highest BCUT2D eigenvalue weighted by Gasteiger charge is 2.43. The quantitative estimate of drug-likeness (QED) is 0.576.